The third kappa shape index (κ3) is 5.01. The Morgan fingerprint density at radius 2 is 1.37 bits per heavy atom. The monoisotopic (exact) mass is 438 g/mol. The zero-order valence-electron chi connectivity index (χ0n) is 17.7. The molecule has 0 radical (unpaired) electrons. The van der Waals surface area contributed by atoms with Gasteiger partial charge in [0.1, 0.15) is 0 Å². The van der Waals surface area contributed by atoms with Crippen molar-refractivity contribution in [2.45, 2.75) is 96.0 Å². The molecule has 0 aromatic carbocycles. The van der Waals surface area contributed by atoms with E-state index in [9.17, 15) is 26.3 Å². The molecule has 2 saturated carbocycles. The molecule has 0 saturated heterocycles. The van der Waals surface area contributed by atoms with Gasteiger partial charge in [0.05, 0.1) is 6.42 Å². The molecular formula is C23H32F6O. The van der Waals surface area contributed by atoms with Gasteiger partial charge in [-0.2, -0.15) is 26.3 Å². The van der Waals surface area contributed by atoms with Gasteiger partial charge in [0.15, 0.2) is 5.76 Å². The number of halogens is 6. The van der Waals surface area contributed by atoms with E-state index in [2.05, 4.69) is 11.7 Å². The number of allylic oxidation sites excluding steroid dienone is 4. The lowest BCUT2D eigenvalue weighted by atomic mass is 9.75. The molecule has 172 valence electrons. The van der Waals surface area contributed by atoms with Crippen molar-refractivity contribution in [2.24, 2.45) is 23.7 Å². The van der Waals surface area contributed by atoms with Crippen molar-refractivity contribution < 1.29 is 31.1 Å². The number of rotatable bonds is 6. The van der Waals surface area contributed by atoms with Crippen LogP contribution in [0.5, 0.6) is 0 Å². The van der Waals surface area contributed by atoms with Crippen LogP contribution >= 0.6 is 0 Å². The highest BCUT2D eigenvalue weighted by Gasteiger charge is 2.65. The molecule has 0 amide bonds. The van der Waals surface area contributed by atoms with Gasteiger partial charge in [-0.05, 0) is 49.0 Å². The van der Waals surface area contributed by atoms with Crippen LogP contribution in [-0.2, 0) is 4.74 Å². The smallest absolute Gasteiger partial charge is 0.397 e. The van der Waals surface area contributed by atoms with Crippen LogP contribution in [0, 0.1) is 23.7 Å². The third-order valence-electron chi connectivity index (χ3n) is 7.17. The molecule has 0 unspecified atom stereocenters. The van der Waals surface area contributed by atoms with E-state index in [0.717, 1.165) is 31.8 Å². The number of alkyl halides is 6. The highest BCUT2D eigenvalue weighted by atomic mass is 19.3. The normalized spacial score (nSPS) is 34.1. The van der Waals surface area contributed by atoms with Crippen LogP contribution in [0.3, 0.4) is 0 Å². The standard InChI is InChI=1S/C23H32F6O/c1-15-3-7-17(8-4-15)13-14-21(24,25)30-20-12-11-19(22(26,27)23(20,28)29)18-9-5-16(2)6-10-18/h11-12,15-18H,3-10,13-14H2,1-2H3. The van der Waals surface area contributed by atoms with E-state index in [-0.39, 0.29) is 12.3 Å². The second-order valence-electron chi connectivity index (χ2n) is 9.66. The summed E-state index contributed by atoms with van der Waals surface area (Å²) in [7, 11) is 0. The minimum absolute atomic E-state index is 0.0955. The number of ether oxygens (including phenoxy) is 1. The summed E-state index contributed by atoms with van der Waals surface area (Å²) in [6.07, 6.45) is 2.73. The van der Waals surface area contributed by atoms with Crippen molar-refractivity contribution in [1.82, 2.24) is 0 Å². The minimum atomic E-state index is -4.79. The first kappa shape index (κ1) is 23.5. The van der Waals surface area contributed by atoms with Crippen LogP contribution in [0.25, 0.3) is 0 Å². The zero-order valence-corrected chi connectivity index (χ0v) is 17.7. The predicted octanol–water partition coefficient (Wildman–Crippen LogP) is 8.12. The van der Waals surface area contributed by atoms with E-state index in [1.165, 1.54) is 0 Å². The summed E-state index contributed by atoms with van der Waals surface area (Å²) < 4.78 is 91.3. The van der Waals surface area contributed by atoms with Crippen LogP contribution in [0.15, 0.2) is 23.5 Å². The second kappa shape index (κ2) is 8.78. The maximum atomic E-state index is 14.7. The summed E-state index contributed by atoms with van der Waals surface area (Å²) in [6, 6.07) is 0. The minimum Gasteiger partial charge on any atom is -0.430 e. The van der Waals surface area contributed by atoms with Gasteiger partial charge in [0, 0.05) is 5.57 Å². The van der Waals surface area contributed by atoms with Crippen molar-refractivity contribution in [2.75, 3.05) is 0 Å². The Labute approximate surface area is 174 Å². The molecule has 0 spiro atoms. The zero-order chi connectivity index (χ0) is 22.2. The van der Waals surface area contributed by atoms with E-state index in [1.807, 2.05) is 6.92 Å². The third-order valence-corrected chi connectivity index (χ3v) is 7.17. The summed E-state index contributed by atoms with van der Waals surface area (Å²) in [5.74, 6) is -10.6. The molecule has 3 rings (SSSR count). The van der Waals surface area contributed by atoms with Crippen LogP contribution in [0.1, 0.15) is 78.1 Å². The van der Waals surface area contributed by atoms with Crippen LogP contribution < -0.4 is 0 Å². The van der Waals surface area contributed by atoms with E-state index >= 15 is 0 Å². The lowest BCUT2D eigenvalue weighted by Gasteiger charge is -2.38. The molecule has 3 aliphatic rings. The fourth-order valence-corrected chi connectivity index (χ4v) is 4.97. The highest BCUT2D eigenvalue weighted by Crippen LogP contribution is 2.53. The first-order chi connectivity index (χ1) is 13.9. The molecule has 30 heavy (non-hydrogen) atoms. The molecule has 0 aromatic rings. The Morgan fingerprint density at radius 3 is 1.93 bits per heavy atom. The first-order valence-corrected chi connectivity index (χ1v) is 11.2. The highest BCUT2D eigenvalue weighted by molar-refractivity contribution is 5.37. The lowest BCUT2D eigenvalue weighted by molar-refractivity contribution is -0.265. The predicted molar refractivity (Wildman–Crippen MR) is 104 cm³/mol. The Hall–Kier alpha value is -1.14. The molecule has 3 aliphatic carbocycles. The summed E-state index contributed by atoms with van der Waals surface area (Å²) >= 11 is 0. The van der Waals surface area contributed by atoms with E-state index in [1.54, 1.807) is 0 Å². The molecule has 0 atom stereocenters. The van der Waals surface area contributed by atoms with Crippen molar-refractivity contribution in [3.05, 3.63) is 23.5 Å². The summed E-state index contributed by atoms with van der Waals surface area (Å²) in [5.41, 5.74) is -0.661. The van der Waals surface area contributed by atoms with Gasteiger partial charge in [-0.25, -0.2) is 0 Å². The molecule has 0 N–H and O–H groups in total. The van der Waals surface area contributed by atoms with Gasteiger partial charge in [-0.3, -0.25) is 0 Å². The Kier molecular flexibility index (Phi) is 6.88. The Bertz CT molecular complexity index is 653. The molecule has 1 nitrogen and oxygen atoms in total. The van der Waals surface area contributed by atoms with Gasteiger partial charge >= 0.3 is 18.0 Å². The summed E-state index contributed by atoms with van der Waals surface area (Å²) in [6.45, 7) is 4.11. The first-order valence-electron chi connectivity index (χ1n) is 11.2. The second-order valence-corrected chi connectivity index (χ2v) is 9.66. The van der Waals surface area contributed by atoms with Crippen molar-refractivity contribution in [3.8, 4) is 0 Å². The number of hydrogen-bond donors (Lipinski definition) is 0. The fourth-order valence-electron chi connectivity index (χ4n) is 4.97. The Balaban J connectivity index is 1.68. The van der Waals surface area contributed by atoms with E-state index < -0.39 is 41.6 Å². The van der Waals surface area contributed by atoms with Crippen molar-refractivity contribution in [1.29, 1.82) is 0 Å². The van der Waals surface area contributed by atoms with Crippen molar-refractivity contribution in [3.63, 3.8) is 0 Å². The molecule has 0 bridgehead atoms. The molecular weight excluding hydrogens is 406 g/mol. The quantitative estimate of drug-likeness (QED) is 0.381. The van der Waals surface area contributed by atoms with E-state index in [4.69, 9.17) is 0 Å². The van der Waals surface area contributed by atoms with Gasteiger partial charge in [-0.1, -0.05) is 58.4 Å². The average Bonchev–Trinajstić information content (AvgIpc) is 2.67. The molecule has 7 heteroatoms. The van der Waals surface area contributed by atoms with Crippen LogP contribution in [0.4, 0.5) is 26.3 Å². The van der Waals surface area contributed by atoms with Crippen LogP contribution in [0.2, 0.25) is 0 Å². The molecule has 0 aliphatic heterocycles. The maximum Gasteiger partial charge on any atom is 0.397 e. The summed E-state index contributed by atoms with van der Waals surface area (Å²) in [5, 5.41) is 0. The summed E-state index contributed by atoms with van der Waals surface area (Å²) in [4.78, 5) is 0. The molecule has 2 fully saturated rings. The SMILES string of the molecule is CC1CCC(CCC(F)(F)OC2=CC=C(C3CCC(C)CC3)C(F)(F)C2(F)F)CC1. The molecule has 0 aromatic heterocycles. The largest absolute Gasteiger partial charge is 0.430 e. The van der Waals surface area contributed by atoms with E-state index in [0.29, 0.717) is 43.6 Å². The number of hydrogen-bond acceptors (Lipinski definition) is 1. The van der Waals surface area contributed by atoms with Gasteiger partial charge in [-0.15, -0.1) is 0 Å². The topological polar surface area (TPSA) is 9.23 Å². The lowest BCUT2D eigenvalue weighted by Crippen LogP contribution is -2.49. The Morgan fingerprint density at radius 1 is 0.833 bits per heavy atom. The average molecular weight is 438 g/mol. The van der Waals surface area contributed by atoms with Crippen molar-refractivity contribution >= 4 is 0 Å². The van der Waals surface area contributed by atoms with Crippen LogP contribution in [-0.4, -0.2) is 18.0 Å². The maximum absolute atomic E-state index is 14.7. The van der Waals surface area contributed by atoms with Gasteiger partial charge in [0.25, 0.3) is 0 Å². The van der Waals surface area contributed by atoms with Gasteiger partial charge < -0.3 is 4.74 Å². The molecule has 0 heterocycles. The van der Waals surface area contributed by atoms with Gasteiger partial charge in [0.2, 0.25) is 0 Å². The fraction of sp³-hybridized carbons (Fsp3) is 0.826.